The molecule has 2 aromatic heterocycles. The van der Waals surface area contributed by atoms with Crippen molar-refractivity contribution in [2.75, 3.05) is 19.7 Å². The summed E-state index contributed by atoms with van der Waals surface area (Å²) in [5.41, 5.74) is 1.25. The average molecular weight is 265 g/mol. The predicted molar refractivity (Wildman–Crippen MR) is 68.6 cm³/mol. The third kappa shape index (κ3) is 2.19. The van der Waals surface area contributed by atoms with Gasteiger partial charge in [0.1, 0.15) is 6.10 Å². The quantitative estimate of drug-likeness (QED) is 0.920. The third-order valence-electron chi connectivity index (χ3n) is 2.98. The highest BCUT2D eigenvalue weighted by Crippen LogP contribution is 2.29. The fourth-order valence-electron chi connectivity index (χ4n) is 1.99. The topological polar surface area (TPSA) is 60.2 Å². The van der Waals surface area contributed by atoms with Crippen LogP contribution in [-0.2, 0) is 11.2 Å². The molecule has 0 amide bonds. The monoisotopic (exact) mass is 265 g/mol. The summed E-state index contributed by atoms with van der Waals surface area (Å²) in [7, 11) is 0. The van der Waals surface area contributed by atoms with Crippen LogP contribution in [0.3, 0.4) is 0 Å². The maximum absolute atomic E-state index is 5.61. The number of aryl methyl sites for hydroxylation is 1. The highest BCUT2D eigenvalue weighted by molar-refractivity contribution is 7.13. The van der Waals surface area contributed by atoms with Gasteiger partial charge in [0.2, 0.25) is 5.82 Å². The summed E-state index contributed by atoms with van der Waals surface area (Å²) in [6.07, 6.45) is 0.874. The van der Waals surface area contributed by atoms with Crippen LogP contribution in [0.15, 0.2) is 16.0 Å². The molecule has 1 saturated heterocycles. The van der Waals surface area contributed by atoms with E-state index in [2.05, 4.69) is 33.8 Å². The van der Waals surface area contributed by atoms with Gasteiger partial charge in [-0.05, 0) is 23.4 Å². The molecule has 0 spiro atoms. The molecular formula is C12H15N3O2S. The number of hydrogen-bond donors (Lipinski definition) is 1. The summed E-state index contributed by atoms with van der Waals surface area (Å²) >= 11 is 1.63. The minimum absolute atomic E-state index is 0.0960. The number of rotatable bonds is 3. The van der Waals surface area contributed by atoms with Crippen LogP contribution in [0.1, 0.15) is 24.4 Å². The van der Waals surface area contributed by atoms with E-state index in [1.54, 1.807) is 11.3 Å². The van der Waals surface area contributed by atoms with Crippen LogP contribution in [0.25, 0.3) is 10.8 Å². The zero-order valence-corrected chi connectivity index (χ0v) is 11.0. The highest BCUT2D eigenvalue weighted by atomic mass is 32.1. The lowest BCUT2D eigenvalue weighted by Crippen LogP contribution is -2.33. The van der Waals surface area contributed by atoms with E-state index in [0.29, 0.717) is 18.3 Å². The van der Waals surface area contributed by atoms with Crippen molar-refractivity contribution < 1.29 is 9.26 Å². The van der Waals surface area contributed by atoms with Crippen LogP contribution >= 0.6 is 11.3 Å². The SMILES string of the molecule is CCc1ccsc1-c1nc(C2CNCCO2)no1. The van der Waals surface area contributed by atoms with Gasteiger partial charge in [0, 0.05) is 13.1 Å². The van der Waals surface area contributed by atoms with Crippen molar-refractivity contribution in [1.82, 2.24) is 15.5 Å². The molecule has 3 heterocycles. The van der Waals surface area contributed by atoms with Gasteiger partial charge in [-0.15, -0.1) is 11.3 Å². The van der Waals surface area contributed by atoms with E-state index < -0.39 is 0 Å². The minimum Gasteiger partial charge on any atom is -0.367 e. The van der Waals surface area contributed by atoms with E-state index in [0.717, 1.165) is 24.4 Å². The van der Waals surface area contributed by atoms with Gasteiger partial charge in [-0.3, -0.25) is 0 Å². The molecule has 0 aromatic carbocycles. The Morgan fingerprint density at radius 2 is 2.50 bits per heavy atom. The highest BCUT2D eigenvalue weighted by Gasteiger charge is 2.22. The molecule has 96 valence electrons. The smallest absolute Gasteiger partial charge is 0.268 e. The van der Waals surface area contributed by atoms with Gasteiger partial charge in [-0.2, -0.15) is 4.98 Å². The van der Waals surface area contributed by atoms with E-state index in [-0.39, 0.29) is 6.10 Å². The van der Waals surface area contributed by atoms with Crippen molar-refractivity contribution in [3.05, 3.63) is 22.8 Å². The summed E-state index contributed by atoms with van der Waals surface area (Å²) < 4.78 is 11.0. The van der Waals surface area contributed by atoms with E-state index in [4.69, 9.17) is 9.26 Å². The molecule has 0 radical (unpaired) electrons. The fraction of sp³-hybridized carbons (Fsp3) is 0.500. The first-order valence-electron chi connectivity index (χ1n) is 6.11. The Labute approximate surface area is 109 Å². The Morgan fingerprint density at radius 1 is 1.56 bits per heavy atom. The van der Waals surface area contributed by atoms with Crippen molar-refractivity contribution in [1.29, 1.82) is 0 Å². The molecule has 0 bridgehead atoms. The van der Waals surface area contributed by atoms with Gasteiger partial charge in [0.15, 0.2) is 0 Å². The summed E-state index contributed by atoms with van der Waals surface area (Å²) in [6, 6.07) is 2.10. The van der Waals surface area contributed by atoms with Crippen molar-refractivity contribution >= 4 is 11.3 Å². The standard InChI is InChI=1S/C12H15N3O2S/c1-2-8-3-6-18-10(8)12-14-11(15-17-12)9-7-13-4-5-16-9/h3,6,9,13H,2,4-5,7H2,1H3. The van der Waals surface area contributed by atoms with E-state index in [1.807, 2.05) is 0 Å². The molecule has 1 aliphatic heterocycles. The van der Waals surface area contributed by atoms with E-state index >= 15 is 0 Å². The van der Waals surface area contributed by atoms with Crippen LogP contribution < -0.4 is 5.32 Å². The number of aromatic nitrogens is 2. The van der Waals surface area contributed by atoms with Gasteiger partial charge in [0.05, 0.1) is 11.5 Å². The maximum Gasteiger partial charge on any atom is 0.268 e. The molecule has 0 saturated carbocycles. The number of ether oxygens (including phenoxy) is 1. The van der Waals surface area contributed by atoms with Crippen LogP contribution in [0.2, 0.25) is 0 Å². The number of thiophene rings is 1. The summed E-state index contributed by atoms with van der Waals surface area (Å²) in [5.74, 6) is 1.23. The molecule has 1 atom stereocenters. The van der Waals surface area contributed by atoms with E-state index in [9.17, 15) is 0 Å². The predicted octanol–water partition coefficient (Wildman–Crippen LogP) is 2.02. The third-order valence-corrected chi connectivity index (χ3v) is 3.92. The Bertz CT molecular complexity index is 517. The van der Waals surface area contributed by atoms with Gasteiger partial charge < -0.3 is 14.6 Å². The van der Waals surface area contributed by atoms with Gasteiger partial charge >= 0.3 is 0 Å². The van der Waals surface area contributed by atoms with Crippen molar-refractivity contribution in [2.24, 2.45) is 0 Å². The molecule has 2 aromatic rings. The van der Waals surface area contributed by atoms with E-state index in [1.165, 1.54) is 5.56 Å². The fourth-order valence-corrected chi connectivity index (χ4v) is 2.91. The number of hydrogen-bond acceptors (Lipinski definition) is 6. The lowest BCUT2D eigenvalue weighted by Gasteiger charge is -2.20. The minimum atomic E-state index is -0.0960. The number of nitrogens with one attached hydrogen (secondary N) is 1. The lowest BCUT2D eigenvalue weighted by atomic mass is 10.2. The van der Waals surface area contributed by atoms with Gasteiger partial charge in [0.25, 0.3) is 5.89 Å². The average Bonchev–Trinajstić information content (AvgIpc) is 3.08. The molecule has 18 heavy (non-hydrogen) atoms. The molecule has 1 aliphatic rings. The molecule has 1 fully saturated rings. The molecule has 0 aliphatic carbocycles. The Balaban J connectivity index is 1.84. The lowest BCUT2D eigenvalue weighted by molar-refractivity contribution is 0.0208. The molecular weight excluding hydrogens is 250 g/mol. The largest absolute Gasteiger partial charge is 0.367 e. The van der Waals surface area contributed by atoms with Crippen molar-refractivity contribution in [3.63, 3.8) is 0 Å². The second-order valence-corrected chi connectivity index (χ2v) is 5.07. The Hall–Kier alpha value is -1.24. The van der Waals surface area contributed by atoms with Crippen molar-refractivity contribution in [2.45, 2.75) is 19.4 Å². The number of morpholine rings is 1. The summed E-state index contributed by atoms with van der Waals surface area (Å²) in [6.45, 7) is 4.43. The molecule has 1 N–H and O–H groups in total. The normalized spacial score (nSPS) is 20.2. The summed E-state index contributed by atoms with van der Waals surface area (Å²) in [5, 5.41) is 9.33. The first kappa shape index (κ1) is 11.8. The Kier molecular flexibility index (Phi) is 3.40. The Morgan fingerprint density at radius 3 is 3.28 bits per heavy atom. The van der Waals surface area contributed by atoms with Crippen LogP contribution in [0.4, 0.5) is 0 Å². The molecule has 3 rings (SSSR count). The van der Waals surface area contributed by atoms with Crippen LogP contribution in [-0.4, -0.2) is 29.8 Å². The maximum atomic E-state index is 5.61. The first-order valence-corrected chi connectivity index (χ1v) is 6.99. The van der Waals surface area contributed by atoms with Crippen LogP contribution in [0.5, 0.6) is 0 Å². The molecule has 6 heteroatoms. The van der Waals surface area contributed by atoms with Gasteiger partial charge in [-0.1, -0.05) is 12.1 Å². The van der Waals surface area contributed by atoms with Crippen LogP contribution in [0, 0.1) is 0 Å². The van der Waals surface area contributed by atoms with Gasteiger partial charge in [-0.25, -0.2) is 0 Å². The molecule has 5 nitrogen and oxygen atoms in total. The first-order chi connectivity index (χ1) is 8.88. The number of nitrogens with zero attached hydrogens (tertiary/aromatic N) is 2. The zero-order chi connectivity index (χ0) is 12.4. The second-order valence-electron chi connectivity index (χ2n) is 4.15. The second kappa shape index (κ2) is 5.17. The zero-order valence-electron chi connectivity index (χ0n) is 10.2. The van der Waals surface area contributed by atoms with Crippen molar-refractivity contribution in [3.8, 4) is 10.8 Å². The summed E-state index contributed by atoms with van der Waals surface area (Å²) in [4.78, 5) is 5.52. The molecule has 1 unspecified atom stereocenters.